The molecule has 0 radical (unpaired) electrons. The van der Waals surface area contributed by atoms with Crippen molar-refractivity contribution in [3.05, 3.63) is 34.5 Å². The fourth-order valence-corrected chi connectivity index (χ4v) is 3.24. The Morgan fingerprint density at radius 2 is 1.90 bits per heavy atom. The van der Waals surface area contributed by atoms with E-state index in [-0.39, 0.29) is 5.97 Å². The molecule has 0 spiro atoms. The highest BCUT2D eigenvalue weighted by Crippen LogP contribution is 2.29. The summed E-state index contributed by atoms with van der Waals surface area (Å²) in [4.78, 5) is 15.0. The van der Waals surface area contributed by atoms with Crippen LogP contribution in [0.15, 0.2) is 12.1 Å². The molecule has 1 N–H and O–H groups in total. The second kappa shape index (κ2) is 5.31. The van der Waals surface area contributed by atoms with Gasteiger partial charge in [0, 0.05) is 16.6 Å². The molecule has 1 aromatic heterocycles. The molecule has 2 aromatic rings. The smallest absolute Gasteiger partial charge is 0.310 e. The maximum atomic E-state index is 11.6. The van der Waals surface area contributed by atoms with E-state index in [1.54, 1.807) is 0 Å². The minimum Gasteiger partial charge on any atom is -0.469 e. The van der Waals surface area contributed by atoms with Crippen molar-refractivity contribution in [2.45, 2.75) is 45.4 Å². The van der Waals surface area contributed by atoms with Crippen LogP contribution < -0.4 is 0 Å². The Morgan fingerprint density at radius 3 is 2.60 bits per heavy atom. The summed E-state index contributed by atoms with van der Waals surface area (Å²) in [5, 5.41) is 1.19. The van der Waals surface area contributed by atoms with Crippen molar-refractivity contribution in [1.29, 1.82) is 0 Å². The highest BCUT2D eigenvalue weighted by atomic mass is 16.5. The summed E-state index contributed by atoms with van der Waals surface area (Å²) in [6.45, 7) is 2.03. The van der Waals surface area contributed by atoms with Gasteiger partial charge in [0.05, 0.1) is 13.5 Å². The molecule has 0 amide bonds. The Bertz CT molecular complexity index is 655. The van der Waals surface area contributed by atoms with Gasteiger partial charge in [-0.2, -0.15) is 0 Å². The van der Waals surface area contributed by atoms with Gasteiger partial charge in [-0.15, -0.1) is 0 Å². The number of esters is 1. The number of fused-ring (bicyclic) bond motifs is 2. The minimum absolute atomic E-state index is 0.177. The number of aromatic amines is 1. The van der Waals surface area contributed by atoms with Crippen molar-refractivity contribution in [3.8, 4) is 0 Å². The number of rotatable bonds is 2. The molecule has 3 heteroatoms. The predicted molar refractivity (Wildman–Crippen MR) is 80.0 cm³/mol. The quantitative estimate of drug-likeness (QED) is 0.671. The van der Waals surface area contributed by atoms with Gasteiger partial charge in [0.2, 0.25) is 0 Å². The van der Waals surface area contributed by atoms with Gasteiger partial charge in [-0.05, 0) is 61.4 Å². The number of H-pyrrole nitrogens is 1. The summed E-state index contributed by atoms with van der Waals surface area (Å²) in [6, 6.07) is 4.57. The molecule has 0 fully saturated rings. The van der Waals surface area contributed by atoms with E-state index in [0.29, 0.717) is 6.42 Å². The van der Waals surface area contributed by atoms with Crippen molar-refractivity contribution in [2.75, 3.05) is 7.11 Å². The fraction of sp³-hybridized carbons (Fsp3) is 0.471. The number of nitrogens with one attached hydrogen (secondary N) is 1. The number of aryl methyl sites for hydroxylation is 3. The largest absolute Gasteiger partial charge is 0.469 e. The van der Waals surface area contributed by atoms with Crippen LogP contribution in [-0.2, 0) is 28.8 Å². The molecule has 1 aliphatic rings. The molecule has 0 unspecified atom stereocenters. The Hall–Kier alpha value is -1.77. The van der Waals surface area contributed by atoms with Crippen molar-refractivity contribution < 1.29 is 9.53 Å². The van der Waals surface area contributed by atoms with Crippen LogP contribution >= 0.6 is 0 Å². The number of hydrogen-bond acceptors (Lipinski definition) is 2. The third kappa shape index (κ3) is 2.33. The van der Waals surface area contributed by atoms with E-state index in [0.717, 1.165) is 23.2 Å². The molecule has 0 atom stereocenters. The molecule has 1 aromatic carbocycles. The molecular weight excluding hydrogens is 250 g/mol. The van der Waals surface area contributed by atoms with Crippen molar-refractivity contribution >= 4 is 16.9 Å². The van der Waals surface area contributed by atoms with E-state index < -0.39 is 0 Å². The molecular formula is C17H21NO2. The standard InChI is InChI=1S/C17H21NO2/c1-11-14(10-17(19)20-2)15-8-12-6-4-3-5-7-13(12)9-16(15)18-11/h8-9,18H,3-7,10H2,1-2H3. The third-order valence-corrected chi connectivity index (χ3v) is 4.38. The summed E-state index contributed by atoms with van der Waals surface area (Å²) in [5.74, 6) is -0.177. The van der Waals surface area contributed by atoms with Crippen LogP contribution in [-0.4, -0.2) is 18.1 Å². The summed E-state index contributed by atoms with van der Waals surface area (Å²) in [6.07, 6.45) is 6.56. The summed E-state index contributed by atoms with van der Waals surface area (Å²) in [7, 11) is 1.44. The number of carbonyl (C=O) groups is 1. The highest BCUT2D eigenvalue weighted by Gasteiger charge is 2.16. The van der Waals surface area contributed by atoms with Crippen LogP contribution in [0.5, 0.6) is 0 Å². The van der Waals surface area contributed by atoms with Gasteiger partial charge in [0.15, 0.2) is 0 Å². The van der Waals surface area contributed by atoms with Gasteiger partial charge in [0.1, 0.15) is 0 Å². The van der Waals surface area contributed by atoms with Crippen LogP contribution in [0.4, 0.5) is 0 Å². The molecule has 3 rings (SSSR count). The number of carbonyl (C=O) groups excluding carboxylic acids is 1. The Kier molecular flexibility index (Phi) is 3.51. The summed E-state index contributed by atoms with van der Waals surface area (Å²) in [5.41, 5.74) is 6.24. The molecule has 3 nitrogen and oxygen atoms in total. The number of benzene rings is 1. The van der Waals surface area contributed by atoms with Crippen LogP contribution in [0.25, 0.3) is 10.9 Å². The first kappa shape index (κ1) is 13.2. The Labute approximate surface area is 119 Å². The molecule has 106 valence electrons. The first-order chi connectivity index (χ1) is 9.69. The number of methoxy groups -OCH3 is 1. The maximum Gasteiger partial charge on any atom is 0.310 e. The zero-order valence-electron chi connectivity index (χ0n) is 12.2. The number of aromatic nitrogens is 1. The molecule has 1 aliphatic carbocycles. The van der Waals surface area contributed by atoms with Crippen LogP contribution in [0.2, 0.25) is 0 Å². The molecule has 20 heavy (non-hydrogen) atoms. The lowest BCUT2D eigenvalue weighted by atomic mass is 9.98. The third-order valence-electron chi connectivity index (χ3n) is 4.38. The van der Waals surface area contributed by atoms with Crippen molar-refractivity contribution in [1.82, 2.24) is 4.98 Å². The van der Waals surface area contributed by atoms with E-state index >= 15 is 0 Å². The number of ether oxygens (including phenoxy) is 1. The maximum absolute atomic E-state index is 11.6. The predicted octanol–water partition coefficient (Wildman–Crippen LogP) is 3.46. The van der Waals surface area contributed by atoms with Gasteiger partial charge in [-0.3, -0.25) is 4.79 Å². The molecule has 0 bridgehead atoms. The monoisotopic (exact) mass is 271 g/mol. The van der Waals surface area contributed by atoms with Crippen molar-refractivity contribution in [2.24, 2.45) is 0 Å². The lowest BCUT2D eigenvalue weighted by molar-refractivity contribution is -0.139. The average molecular weight is 271 g/mol. The zero-order valence-corrected chi connectivity index (χ0v) is 12.2. The highest BCUT2D eigenvalue weighted by molar-refractivity contribution is 5.89. The normalized spacial score (nSPS) is 14.9. The Morgan fingerprint density at radius 1 is 1.20 bits per heavy atom. The van der Waals surface area contributed by atoms with Crippen LogP contribution in [0.1, 0.15) is 41.6 Å². The Balaban J connectivity index is 2.09. The molecule has 1 heterocycles. The zero-order chi connectivity index (χ0) is 14.1. The van der Waals surface area contributed by atoms with Crippen molar-refractivity contribution in [3.63, 3.8) is 0 Å². The summed E-state index contributed by atoms with van der Waals surface area (Å²) >= 11 is 0. The van der Waals surface area contributed by atoms with E-state index in [2.05, 4.69) is 17.1 Å². The number of hydrogen-bond donors (Lipinski definition) is 1. The first-order valence-electron chi connectivity index (χ1n) is 7.39. The first-order valence-corrected chi connectivity index (χ1v) is 7.39. The van der Waals surface area contributed by atoms with Gasteiger partial charge in [-0.1, -0.05) is 6.42 Å². The van der Waals surface area contributed by atoms with Gasteiger partial charge in [-0.25, -0.2) is 0 Å². The molecule has 0 saturated heterocycles. The van der Waals surface area contributed by atoms with Gasteiger partial charge in [0.25, 0.3) is 0 Å². The topological polar surface area (TPSA) is 42.1 Å². The van der Waals surface area contributed by atoms with Crippen LogP contribution in [0, 0.1) is 6.92 Å². The SMILES string of the molecule is COC(=O)Cc1c(C)[nH]c2cc3c(cc12)CCCCC3. The van der Waals surface area contributed by atoms with E-state index in [9.17, 15) is 4.79 Å². The lowest BCUT2D eigenvalue weighted by Gasteiger charge is -2.07. The van der Waals surface area contributed by atoms with E-state index in [1.165, 1.54) is 49.3 Å². The fourth-order valence-electron chi connectivity index (χ4n) is 3.24. The lowest BCUT2D eigenvalue weighted by Crippen LogP contribution is -2.05. The van der Waals surface area contributed by atoms with Crippen LogP contribution in [0.3, 0.4) is 0 Å². The minimum atomic E-state index is -0.177. The van der Waals surface area contributed by atoms with Gasteiger partial charge < -0.3 is 9.72 Å². The molecule has 0 saturated carbocycles. The van der Waals surface area contributed by atoms with Gasteiger partial charge >= 0.3 is 5.97 Å². The second-order valence-corrected chi connectivity index (χ2v) is 5.71. The average Bonchev–Trinajstić information content (AvgIpc) is 2.63. The van der Waals surface area contributed by atoms with E-state index in [1.807, 2.05) is 6.92 Å². The second-order valence-electron chi connectivity index (χ2n) is 5.71. The molecule has 0 aliphatic heterocycles. The van der Waals surface area contributed by atoms with E-state index in [4.69, 9.17) is 4.74 Å². The summed E-state index contributed by atoms with van der Waals surface area (Å²) < 4.78 is 4.81.